The van der Waals surface area contributed by atoms with Gasteiger partial charge in [0.15, 0.2) is 0 Å². The van der Waals surface area contributed by atoms with E-state index < -0.39 is 11.9 Å². The Morgan fingerprint density at radius 3 is 2.79 bits per heavy atom. The smallest absolute Gasteiger partial charge is 0.321 e. The highest BCUT2D eigenvalue weighted by molar-refractivity contribution is 9.10. The number of hydrogen-bond donors (Lipinski definition) is 2. The predicted molar refractivity (Wildman–Crippen MR) is 75.1 cm³/mol. The Morgan fingerprint density at radius 2 is 2.11 bits per heavy atom. The van der Waals surface area contributed by atoms with Crippen LogP contribution in [0.4, 0.5) is 10.5 Å². The second-order valence-corrected chi connectivity index (χ2v) is 5.39. The van der Waals surface area contributed by atoms with Crippen molar-refractivity contribution in [2.24, 2.45) is 5.92 Å². The number of carboxylic acids is 1. The zero-order valence-electron chi connectivity index (χ0n) is 10.3. The summed E-state index contributed by atoms with van der Waals surface area (Å²) in [5.74, 6) is -1.29. The highest BCUT2D eigenvalue weighted by Gasteiger charge is 2.28. The highest BCUT2D eigenvalue weighted by atomic mass is 79.9. The van der Waals surface area contributed by atoms with Crippen molar-refractivity contribution in [3.8, 4) is 0 Å². The third kappa shape index (κ3) is 3.47. The van der Waals surface area contributed by atoms with Crippen molar-refractivity contribution in [2.75, 3.05) is 18.4 Å². The zero-order valence-corrected chi connectivity index (χ0v) is 11.9. The van der Waals surface area contributed by atoms with Crippen LogP contribution in [0.1, 0.15) is 12.8 Å². The van der Waals surface area contributed by atoms with Gasteiger partial charge in [0.25, 0.3) is 0 Å². The fourth-order valence-corrected chi connectivity index (χ4v) is 2.50. The molecule has 102 valence electrons. The standard InChI is InChI=1S/C13H15BrN2O3/c14-10-5-1-2-6-11(10)15-13(19)16-7-3-4-9(8-16)12(17)18/h1-2,5-6,9H,3-4,7-8H2,(H,15,19)(H,17,18). The number of anilines is 1. The fourth-order valence-electron chi connectivity index (χ4n) is 2.12. The summed E-state index contributed by atoms with van der Waals surface area (Å²) in [7, 11) is 0. The number of nitrogens with zero attached hydrogens (tertiary/aromatic N) is 1. The van der Waals surface area contributed by atoms with Gasteiger partial charge < -0.3 is 15.3 Å². The van der Waals surface area contributed by atoms with Crippen LogP contribution in [0.2, 0.25) is 0 Å². The Kier molecular flexibility index (Phi) is 4.42. The summed E-state index contributed by atoms with van der Waals surface area (Å²) in [5.41, 5.74) is 0.685. The summed E-state index contributed by atoms with van der Waals surface area (Å²) in [4.78, 5) is 24.6. The maximum atomic E-state index is 12.1. The zero-order chi connectivity index (χ0) is 13.8. The molecule has 1 fully saturated rings. The molecule has 0 aliphatic carbocycles. The van der Waals surface area contributed by atoms with E-state index in [1.807, 2.05) is 18.2 Å². The molecule has 1 saturated heterocycles. The minimum absolute atomic E-state index is 0.252. The minimum atomic E-state index is -0.835. The van der Waals surface area contributed by atoms with Gasteiger partial charge in [0.05, 0.1) is 11.6 Å². The average Bonchev–Trinajstić information content (AvgIpc) is 2.41. The number of hydrogen-bond acceptors (Lipinski definition) is 2. The maximum Gasteiger partial charge on any atom is 0.321 e. The molecule has 2 amide bonds. The summed E-state index contributed by atoms with van der Waals surface area (Å²) in [6.45, 7) is 0.867. The molecule has 0 saturated carbocycles. The van der Waals surface area contributed by atoms with Crippen LogP contribution in [0.25, 0.3) is 0 Å². The second kappa shape index (κ2) is 6.06. The number of para-hydroxylation sites is 1. The summed E-state index contributed by atoms with van der Waals surface area (Å²) in [5, 5.41) is 11.8. The molecular weight excluding hydrogens is 312 g/mol. The number of halogens is 1. The third-order valence-electron chi connectivity index (χ3n) is 3.17. The summed E-state index contributed by atoms with van der Waals surface area (Å²) < 4.78 is 0.801. The molecule has 1 heterocycles. The number of likely N-dealkylation sites (tertiary alicyclic amines) is 1. The van der Waals surface area contributed by atoms with Crippen molar-refractivity contribution in [2.45, 2.75) is 12.8 Å². The van der Waals surface area contributed by atoms with Crippen LogP contribution in [0.5, 0.6) is 0 Å². The molecular formula is C13H15BrN2O3. The molecule has 1 unspecified atom stereocenters. The molecule has 1 aromatic rings. The van der Waals surface area contributed by atoms with Gasteiger partial charge in [-0.25, -0.2) is 4.79 Å². The number of aliphatic carboxylic acids is 1. The molecule has 19 heavy (non-hydrogen) atoms. The van der Waals surface area contributed by atoms with Crippen LogP contribution < -0.4 is 5.32 Å². The number of urea groups is 1. The number of benzene rings is 1. The van der Waals surface area contributed by atoms with E-state index in [9.17, 15) is 9.59 Å². The van der Waals surface area contributed by atoms with E-state index >= 15 is 0 Å². The largest absolute Gasteiger partial charge is 0.481 e. The van der Waals surface area contributed by atoms with Crippen molar-refractivity contribution in [1.82, 2.24) is 4.90 Å². The predicted octanol–water partition coefficient (Wildman–Crippen LogP) is 2.78. The number of carboxylic acid groups (broad SMARTS) is 1. The molecule has 6 heteroatoms. The monoisotopic (exact) mass is 326 g/mol. The average molecular weight is 327 g/mol. The van der Waals surface area contributed by atoms with E-state index in [-0.39, 0.29) is 12.6 Å². The van der Waals surface area contributed by atoms with Crippen molar-refractivity contribution in [1.29, 1.82) is 0 Å². The van der Waals surface area contributed by atoms with Gasteiger partial charge in [0.1, 0.15) is 0 Å². The number of rotatable bonds is 2. The van der Waals surface area contributed by atoms with Gasteiger partial charge in [-0.1, -0.05) is 12.1 Å². The molecule has 2 N–H and O–H groups in total. The Morgan fingerprint density at radius 1 is 1.37 bits per heavy atom. The maximum absolute atomic E-state index is 12.1. The number of amides is 2. The van der Waals surface area contributed by atoms with Crippen molar-refractivity contribution in [3.63, 3.8) is 0 Å². The van der Waals surface area contributed by atoms with E-state index in [2.05, 4.69) is 21.2 Å². The quantitative estimate of drug-likeness (QED) is 0.877. The van der Waals surface area contributed by atoms with Crippen LogP contribution >= 0.6 is 15.9 Å². The lowest BCUT2D eigenvalue weighted by Gasteiger charge is -2.30. The molecule has 2 rings (SSSR count). The lowest BCUT2D eigenvalue weighted by molar-refractivity contribution is -0.143. The molecule has 1 aliphatic heterocycles. The number of carbonyl (C=O) groups is 2. The molecule has 0 bridgehead atoms. The van der Waals surface area contributed by atoms with Gasteiger partial charge >= 0.3 is 12.0 Å². The molecule has 0 spiro atoms. The van der Waals surface area contributed by atoms with Gasteiger partial charge in [0.2, 0.25) is 0 Å². The molecule has 1 aromatic carbocycles. The van der Waals surface area contributed by atoms with E-state index in [4.69, 9.17) is 5.11 Å². The third-order valence-corrected chi connectivity index (χ3v) is 3.86. The lowest BCUT2D eigenvalue weighted by atomic mass is 9.99. The van der Waals surface area contributed by atoms with Gasteiger partial charge in [-0.2, -0.15) is 0 Å². The van der Waals surface area contributed by atoms with Gasteiger partial charge in [-0.05, 0) is 40.9 Å². The second-order valence-electron chi connectivity index (χ2n) is 4.53. The Hall–Kier alpha value is -1.56. The minimum Gasteiger partial charge on any atom is -0.481 e. The van der Waals surface area contributed by atoms with Gasteiger partial charge in [-0.15, -0.1) is 0 Å². The normalized spacial score (nSPS) is 19.0. The van der Waals surface area contributed by atoms with Crippen LogP contribution in [0, 0.1) is 5.92 Å². The molecule has 0 aromatic heterocycles. The van der Waals surface area contributed by atoms with Crippen molar-refractivity contribution >= 4 is 33.6 Å². The van der Waals surface area contributed by atoms with Crippen LogP contribution in [0.15, 0.2) is 28.7 Å². The van der Waals surface area contributed by atoms with Gasteiger partial charge in [0, 0.05) is 17.6 Å². The fraction of sp³-hybridized carbons (Fsp3) is 0.385. The van der Waals surface area contributed by atoms with E-state index in [0.29, 0.717) is 18.7 Å². The van der Waals surface area contributed by atoms with Crippen molar-refractivity contribution < 1.29 is 14.7 Å². The van der Waals surface area contributed by atoms with Crippen LogP contribution in [0.3, 0.4) is 0 Å². The lowest BCUT2D eigenvalue weighted by Crippen LogP contribution is -2.44. The first-order valence-corrected chi connectivity index (χ1v) is 6.90. The SMILES string of the molecule is O=C(O)C1CCCN(C(=O)Nc2ccccc2Br)C1. The first-order chi connectivity index (χ1) is 9.08. The molecule has 1 atom stereocenters. The van der Waals surface area contributed by atoms with E-state index in [1.165, 1.54) is 0 Å². The number of carbonyl (C=O) groups excluding carboxylic acids is 1. The topological polar surface area (TPSA) is 69.6 Å². The molecule has 0 radical (unpaired) electrons. The first-order valence-electron chi connectivity index (χ1n) is 6.11. The molecule has 1 aliphatic rings. The molecule has 5 nitrogen and oxygen atoms in total. The summed E-state index contributed by atoms with van der Waals surface area (Å²) in [6, 6.07) is 7.07. The number of nitrogens with one attached hydrogen (secondary N) is 1. The van der Waals surface area contributed by atoms with Crippen molar-refractivity contribution in [3.05, 3.63) is 28.7 Å². The summed E-state index contributed by atoms with van der Waals surface area (Å²) in [6.07, 6.45) is 1.36. The van der Waals surface area contributed by atoms with E-state index in [1.54, 1.807) is 11.0 Å². The highest BCUT2D eigenvalue weighted by Crippen LogP contribution is 2.23. The van der Waals surface area contributed by atoms with E-state index in [0.717, 1.165) is 10.9 Å². The summed E-state index contributed by atoms with van der Waals surface area (Å²) >= 11 is 3.36. The Bertz CT molecular complexity index is 493. The Balaban J connectivity index is 2.00. The van der Waals surface area contributed by atoms with Crippen LogP contribution in [-0.2, 0) is 4.79 Å². The van der Waals surface area contributed by atoms with Crippen LogP contribution in [-0.4, -0.2) is 35.1 Å². The first kappa shape index (κ1) is 13.9. The Labute approximate surface area is 119 Å². The number of piperidine rings is 1. The van der Waals surface area contributed by atoms with Gasteiger partial charge in [-0.3, -0.25) is 4.79 Å².